The second-order valence-electron chi connectivity index (χ2n) is 3.83. The third-order valence-electron chi connectivity index (χ3n) is 2.40. The Hall–Kier alpha value is -2.39. The van der Waals surface area contributed by atoms with Crippen LogP contribution < -0.4 is 0 Å². The molecule has 0 atom stereocenters. The van der Waals surface area contributed by atoms with Gasteiger partial charge in [-0.05, 0) is 19.1 Å². The fourth-order valence-corrected chi connectivity index (χ4v) is 2.24. The van der Waals surface area contributed by atoms with Gasteiger partial charge >= 0.3 is 0 Å². The van der Waals surface area contributed by atoms with Crippen molar-refractivity contribution in [2.45, 2.75) is 16.8 Å². The highest BCUT2D eigenvalue weighted by atomic mass is 32.2. The molecule has 2 rings (SSSR count). The van der Waals surface area contributed by atoms with Crippen LogP contribution in [0.4, 0.5) is 5.69 Å². The van der Waals surface area contributed by atoms with Crippen molar-refractivity contribution in [3.05, 3.63) is 57.8 Å². The monoisotopic (exact) mass is 271 g/mol. The fraction of sp³-hybridized carbons (Fsp3) is 0.0769. The van der Waals surface area contributed by atoms with Gasteiger partial charge in [-0.15, -0.1) is 0 Å². The number of aromatic nitrogens is 1. The van der Waals surface area contributed by atoms with Crippen LogP contribution in [0.15, 0.2) is 46.5 Å². The molecule has 0 bridgehead atoms. The van der Waals surface area contributed by atoms with Crippen LogP contribution >= 0.6 is 11.8 Å². The van der Waals surface area contributed by atoms with Crippen molar-refractivity contribution in [2.24, 2.45) is 0 Å². The Morgan fingerprint density at radius 2 is 2.05 bits per heavy atom. The van der Waals surface area contributed by atoms with Gasteiger partial charge in [-0.25, -0.2) is 4.98 Å². The zero-order valence-corrected chi connectivity index (χ0v) is 10.8. The smallest absolute Gasteiger partial charge is 0.258 e. The molecule has 0 aliphatic carbocycles. The highest BCUT2D eigenvalue weighted by Gasteiger charge is 2.13. The summed E-state index contributed by atoms with van der Waals surface area (Å²) in [5.74, 6) is 0. The SMILES string of the molecule is Cc1ccc(Sc2ncc([N+](=O)[O-])cc2C#N)cc1. The van der Waals surface area contributed by atoms with Crippen molar-refractivity contribution in [3.63, 3.8) is 0 Å². The standard InChI is InChI=1S/C13H9N3O2S/c1-9-2-4-12(5-3-9)19-13-10(7-14)6-11(8-15-13)16(17)18/h2-6,8H,1H3. The molecular formula is C13H9N3O2S. The molecule has 0 saturated carbocycles. The summed E-state index contributed by atoms with van der Waals surface area (Å²) < 4.78 is 0. The number of pyridine rings is 1. The van der Waals surface area contributed by atoms with Gasteiger partial charge in [0.1, 0.15) is 17.3 Å². The Labute approximate surface area is 114 Å². The summed E-state index contributed by atoms with van der Waals surface area (Å²) in [7, 11) is 0. The van der Waals surface area contributed by atoms with Crippen molar-refractivity contribution >= 4 is 17.4 Å². The molecule has 0 aliphatic heterocycles. The van der Waals surface area contributed by atoms with E-state index in [0.29, 0.717) is 5.03 Å². The van der Waals surface area contributed by atoms with Crippen LogP contribution in [-0.4, -0.2) is 9.91 Å². The minimum absolute atomic E-state index is 0.176. The lowest BCUT2D eigenvalue weighted by atomic mass is 10.2. The minimum atomic E-state index is -0.561. The summed E-state index contributed by atoms with van der Waals surface area (Å²) in [6.07, 6.45) is 1.16. The van der Waals surface area contributed by atoms with E-state index in [-0.39, 0.29) is 11.3 Å². The average Bonchev–Trinajstić information content (AvgIpc) is 2.41. The number of nitriles is 1. The normalized spacial score (nSPS) is 9.89. The molecule has 94 valence electrons. The molecule has 0 saturated heterocycles. The maximum atomic E-state index is 10.6. The summed E-state index contributed by atoms with van der Waals surface area (Å²) in [6.45, 7) is 1.99. The molecule has 0 N–H and O–H groups in total. The van der Waals surface area contributed by atoms with Crippen LogP contribution in [0.1, 0.15) is 11.1 Å². The predicted octanol–water partition coefficient (Wildman–Crippen LogP) is 3.32. The van der Waals surface area contributed by atoms with Crippen molar-refractivity contribution in [2.75, 3.05) is 0 Å². The second-order valence-corrected chi connectivity index (χ2v) is 4.89. The van der Waals surface area contributed by atoms with Crippen LogP contribution in [0.2, 0.25) is 0 Å². The molecule has 0 aliphatic rings. The molecule has 0 spiro atoms. The Kier molecular flexibility index (Phi) is 3.78. The van der Waals surface area contributed by atoms with Crippen LogP contribution in [0.5, 0.6) is 0 Å². The van der Waals surface area contributed by atoms with Gasteiger partial charge in [0.25, 0.3) is 5.69 Å². The van der Waals surface area contributed by atoms with Gasteiger partial charge in [0.05, 0.1) is 10.5 Å². The molecule has 6 heteroatoms. The first kappa shape index (κ1) is 13.1. The zero-order chi connectivity index (χ0) is 13.8. The number of nitro groups is 1. The first-order valence-corrected chi connectivity index (χ1v) is 6.21. The quantitative estimate of drug-likeness (QED) is 0.632. The zero-order valence-electron chi connectivity index (χ0n) is 10.0. The van der Waals surface area contributed by atoms with E-state index in [1.54, 1.807) is 0 Å². The molecule has 5 nitrogen and oxygen atoms in total. The lowest BCUT2D eigenvalue weighted by Crippen LogP contribution is -1.93. The number of hydrogen-bond acceptors (Lipinski definition) is 5. The number of nitrogens with zero attached hydrogens (tertiary/aromatic N) is 3. The summed E-state index contributed by atoms with van der Waals surface area (Å²) >= 11 is 1.31. The first-order valence-electron chi connectivity index (χ1n) is 5.39. The van der Waals surface area contributed by atoms with Crippen LogP contribution in [0.25, 0.3) is 0 Å². The number of aryl methyl sites for hydroxylation is 1. The summed E-state index contributed by atoms with van der Waals surface area (Å²) in [4.78, 5) is 15.0. The largest absolute Gasteiger partial charge is 0.288 e. The van der Waals surface area contributed by atoms with E-state index in [4.69, 9.17) is 5.26 Å². The van der Waals surface area contributed by atoms with E-state index < -0.39 is 4.92 Å². The Bertz CT molecular complexity index is 663. The van der Waals surface area contributed by atoms with Crippen molar-refractivity contribution in [1.82, 2.24) is 4.98 Å². The van der Waals surface area contributed by atoms with E-state index >= 15 is 0 Å². The topological polar surface area (TPSA) is 79.8 Å². The molecule has 2 aromatic rings. The fourth-order valence-electron chi connectivity index (χ4n) is 1.42. The molecule has 0 radical (unpaired) electrons. The summed E-state index contributed by atoms with van der Waals surface area (Å²) in [5.41, 5.74) is 1.17. The van der Waals surface area contributed by atoms with Crippen molar-refractivity contribution in [3.8, 4) is 6.07 Å². The molecule has 1 aromatic heterocycles. The Morgan fingerprint density at radius 1 is 1.37 bits per heavy atom. The van der Waals surface area contributed by atoms with Gasteiger partial charge in [-0.3, -0.25) is 10.1 Å². The molecule has 0 unspecified atom stereocenters. The molecule has 0 amide bonds. The van der Waals surface area contributed by atoms with Gasteiger partial charge in [0.2, 0.25) is 0 Å². The average molecular weight is 271 g/mol. The van der Waals surface area contributed by atoms with Gasteiger partial charge in [-0.2, -0.15) is 5.26 Å². The molecule has 1 aromatic carbocycles. The Balaban J connectivity index is 2.33. The van der Waals surface area contributed by atoms with E-state index in [9.17, 15) is 10.1 Å². The predicted molar refractivity (Wildman–Crippen MR) is 70.9 cm³/mol. The number of hydrogen-bond donors (Lipinski definition) is 0. The highest BCUT2D eigenvalue weighted by Crippen LogP contribution is 2.30. The lowest BCUT2D eigenvalue weighted by Gasteiger charge is -2.03. The minimum Gasteiger partial charge on any atom is -0.258 e. The van der Waals surface area contributed by atoms with Gasteiger partial charge in [0.15, 0.2) is 0 Å². The number of benzene rings is 1. The van der Waals surface area contributed by atoms with E-state index in [1.807, 2.05) is 37.3 Å². The van der Waals surface area contributed by atoms with E-state index in [0.717, 1.165) is 16.7 Å². The van der Waals surface area contributed by atoms with Crippen molar-refractivity contribution in [1.29, 1.82) is 5.26 Å². The lowest BCUT2D eigenvalue weighted by molar-refractivity contribution is -0.385. The molecular weight excluding hydrogens is 262 g/mol. The van der Waals surface area contributed by atoms with Gasteiger partial charge in [0, 0.05) is 11.0 Å². The Morgan fingerprint density at radius 3 is 2.63 bits per heavy atom. The third kappa shape index (κ3) is 3.09. The second kappa shape index (κ2) is 5.50. The maximum Gasteiger partial charge on any atom is 0.288 e. The van der Waals surface area contributed by atoms with Crippen molar-refractivity contribution < 1.29 is 4.92 Å². The summed E-state index contributed by atoms with van der Waals surface area (Å²) in [5, 5.41) is 20.1. The maximum absolute atomic E-state index is 10.6. The third-order valence-corrected chi connectivity index (χ3v) is 3.43. The summed E-state index contributed by atoms with van der Waals surface area (Å²) in [6, 6.07) is 10.9. The van der Waals surface area contributed by atoms with E-state index in [1.165, 1.54) is 17.8 Å². The highest BCUT2D eigenvalue weighted by molar-refractivity contribution is 7.99. The van der Waals surface area contributed by atoms with Gasteiger partial charge in [-0.1, -0.05) is 29.5 Å². The van der Waals surface area contributed by atoms with Crippen LogP contribution in [0, 0.1) is 28.4 Å². The first-order chi connectivity index (χ1) is 9.10. The number of rotatable bonds is 3. The van der Waals surface area contributed by atoms with Crippen LogP contribution in [-0.2, 0) is 0 Å². The molecule has 19 heavy (non-hydrogen) atoms. The van der Waals surface area contributed by atoms with E-state index in [2.05, 4.69) is 4.98 Å². The molecule has 1 heterocycles. The van der Waals surface area contributed by atoms with Crippen LogP contribution in [0.3, 0.4) is 0 Å². The van der Waals surface area contributed by atoms with Gasteiger partial charge < -0.3 is 0 Å². The molecule has 0 fully saturated rings.